The maximum absolute atomic E-state index is 13.7. The highest BCUT2D eigenvalue weighted by molar-refractivity contribution is 6.36. The minimum atomic E-state index is -0.541. The van der Waals surface area contributed by atoms with Crippen LogP contribution < -0.4 is 21.6 Å². The van der Waals surface area contributed by atoms with E-state index in [1.54, 1.807) is 12.3 Å². The number of oxazole rings is 1. The highest BCUT2D eigenvalue weighted by Crippen LogP contribution is 2.37. The van der Waals surface area contributed by atoms with Gasteiger partial charge >= 0.3 is 0 Å². The molecule has 2 aromatic carbocycles. The normalized spacial score (nSPS) is 13.9. The highest BCUT2D eigenvalue weighted by Gasteiger charge is 2.26. The number of hydrazine groups is 2. The van der Waals surface area contributed by atoms with Gasteiger partial charge in [-0.2, -0.15) is 5.26 Å². The van der Waals surface area contributed by atoms with E-state index in [9.17, 15) is 9.65 Å². The van der Waals surface area contributed by atoms with Crippen molar-refractivity contribution in [3.05, 3.63) is 88.2 Å². The van der Waals surface area contributed by atoms with Crippen LogP contribution in [0.1, 0.15) is 31.2 Å². The molecule has 0 bridgehead atoms. The van der Waals surface area contributed by atoms with Gasteiger partial charge in [-0.25, -0.2) is 9.37 Å². The third kappa shape index (κ3) is 4.97. The van der Waals surface area contributed by atoms with Gasteiger partial charge in [0.05, 0.1) is 38.7 Å². The van der Waals surface area contributed by atoms with Gasteiger partial charge in [0.1, 0.15) is 17.9 Å². The fourth-order valence-corrected chi connectivity index (χ4v) is 4.33. The van der Waals surface area contributed by atoms with Gasteiger partial charge in [-0.3, -0.25) is 9.99 Å². The van der Waals surface area contributed by atoms with Crippen LogP contribution in [0.5, 0.6) is 0 Å². The minimum Gasteiger partial charge on any atom is -0.446 e. The summed E-state index contributed by atoms with van der Waals surface area (Å²) in [6.07, 6.45) is 6.36. The lowest BCUT2D eigenvalue weighted by molar-refractivity contribution is 0.220. The van der Waals surface area contributed by atoms with Crippen LogP contribution in [0.4, 0.5) is 21.5 Å². The molecule has 0 fully saturated rings. The molecule has 4 aromatic rings. The lowest BCUT2D eigenvalue weighted by atomic mass is 10.1. The van der Waals surface area contributed by atoms with E-state index in [1.807, 2.05) is 17.3 Å². The molecule has 1 atom stereocenters. The number of benzene rings is 2. The van der Waals surface area contributed by atoms with E-state index in [2.05, 4.69) is 51.5 Å². The second-order valence-corrected chi connectivity index (χ2v) is 9.38. The molecule has 188 valence electrons. The average Bonchev–Trinajstić information content (AvgIpc) is 3.58. The maximum atomic E-state index is 13.7. The summed E-state index contributed by atoms with van der Waals surface area (Å²) in [5.41, 5.74) is 9.44. The van der Waals surface area contributed by atoms with Crippen LogP contribution in [-0.2, 0) is 0 Å². The summed E-state index contributed by atoms with van der Waals surface area (Å²) in [5, 5.41) is 19.2. The molecule has 5 rings (SSSR count). The summed E-state index contributed by atoms with van der Waals surface area (Å²) in [6, 6.07) is 9.71. The largest absolute Gasteiger partial charge is 0.446 e. The van der Waals surface area contributed by atoms with Gasteiger partial charge in [0.15, 0.2) is 12.2 Å². The van der Waals surface area contributed by atoms with Crippen molar-refractivity contribution in [3.63, 3.8) is 0 Å². The zero-order chi connectivity index (χ0) is 26.1. The van der Waals surface area contributed by atoms with Gasteiger partial charge in [0, 0.05) is 35.2 Å². The van der Waals surface area contributed by atoms with Gasteiger partial charge < -0.3 is 20.5 Å². The SMILES string of the molecule is CC(C)N1C=C([C@@H](Nc2cc(Cl)c3ncc(C#N)c(Nc4ccc(F)c(Cl)c4)c3c2)c2cnco2)NN1. The molecule has 0 saturated heterocycles. The monoisotopic (exact) mass is 538 g/mol. The number of nitriles is 1. The van der Waals surface area contributed by atoms with Crippen LogP contribution in [0, 0.1) is 17.1 Å². The van der Waals surface area contributed by atoms with E-state index < -0.39 is 11.9 Å². The number of pyridine rings is 1. The number of rotatable bonds is 7. The van der Waals surface area contributed by atoms with Crippen molar-refractivity contribution in [2.75, 3.05) is 10.6 Å². The maximum Gasteiger partial charge on any atom is 0.180 e. The standard InChI is InChI=1S/C25H21Cl2FN8O/c1-13(2)36-11-21(34-35-36)25(22-10-30-12-37-22)33-16-5-17-23(32-15-3-4-20(28)18(26)6-15)14(8-29)9-31-24(17)19(27)7-16/h3-7,9-13,25,33-35H,1-2H3,(H,31,32)/t25-/m1/s1. The molecule has 1 aliphatic rings. The molecule has 0 unspecified atom stereocenters. The van der Waals surface area contributed by atoms with Crippen LogP contribution in [0.15, 0.2) is 65.4 Å². The lowest BCUT2D eigenvalue weighted by Crippen LogP contribution is -2.41. The molecule has 12 heteroatoms. The van der Waals surface area contributed by atoms with Crippen molar-refractivity contribution < 1.29 is 8.81 Å². The Kier molecular flexibility index (Phi) is 6.76. The quantitative estimate of drug-likeness (QED) is 0.224. The number of halogens is 3. The van der Waals surface area contributed by atoms with Crippen LogP contribution in [-0.4, -0.2) is 21.0 Å². The molecule has 0 spiro atoms. The van der Waals surface area contributed by atoms with Crippen molar-refractivity contribution in [1.82, 2.24) is 25.9 Å². The van der Waals surface area contributed by atoms with Crippen LogP contribution in [0.3, 0.4) is 0 Å². The molecular weight excluding hydrogens is 518 g/mol. The predicted octanol–water partition coefficient (Wildman–Crippen LogP) is 6.01. The first-order valence-electron chi connectivity index (χ1n) is 11.2. The van der Waals surface area contributed by atoms with Gasteiger partial charge in [0.2, 0.25) is 0 Å². The first-order valence-corrected chi connectivity index (χ1v) is 12.0. The van der Waals surface area contributed by atoms with Crippen molar-refractivity contribution in [3.8, 4) is 6.07 Å². The average molecular weight is 539 g/mol. The Balaban J connectivity index is 1.58. The third-order valence-corrected chi connectivity index (χ3v) is 6.33. The number of aromatic nitrogens is 2. The van der Waals surface area contributed by atoms with Crippen LogP contribution in [0.2, 0.25) is 10.0 Å². The Morgan fingerprint density at radius 3 is 2.62 bits per heavy atom. The van der Waals surface area contributed by atoms with Gasteiger partial charge in [-0.15, -0.1) is 5.53 Å². The molecule has 9 nitrogen and oxygen atoms in total. The molecule has 1 aliphatic heterocycles. The van der Waals surface area contributed by atoms with Crippen molar-refractivity contribution in [2.24, 2.45) is 0 Å². The Morgan fingerprint density at radius 1 is 1.14 bits per heavy atom. The van der Waals surface area contributed by atoms with Crippen LogP contribution in [0.25, 0.3) is 10.9 Å². The smallest absolute Gasteiger partial charge is 0.180 e. The van der Waals surface area contributed by atoms with Crippen molar-refractivity contribution >= 4 is 51.2 Å². The molecule has 2 aromatic heterocycles. The Bertz CT molecular complexity index is 1530. The predicted molar refractivity (Wildman–Crippen MR) is 140 cm³/mol. The molecule has 0 amide bonds. The topological polar surface area (TPSA) is 114 Å². The van der Waals surface area contributed by atoms with Crippen molar-refractivity contribution in [1.29, 1.82) is 5.26 Å². The molecular formula is C25H21Cl2FN8O. The van der Waals surface area contributed by atoms with E-state index in [4.69, 9.17) is 27.6 Å². The summed E-state index contributed by atoms with van der Waals surface area (Å²) in [5.74, 6) is 0.0335. The number of nitrogens with one attached hydrogen (secondary N) is 4. The molecule has 0 radical (unpaired) electrons. The molecule has 3 heterocycles. The fraction of sp³-hybridized carbons (Fsp3) is 0.160. The minimum absolute atomic E-state index is 0.0430. The molecule has 4 N–H and O–H groups in total. The van der Waals surface area contributed by atoms with E-state index in [1.165, 1.54) is 30.8 Å². The summed E-state index contributed by atoms with van der Waals surface area (Å²) >= 11 is 12.6. The number of nitrogens with zero attached hydrogens (tertiary/aromatic N) is 4. The number of hydrogen-bond acceptors (Lipinski definition) is 9. The third-order valence-electron chi connectivity index (χ3n) is 5.76. The number of anilines is 3. The van der Waals surface area contributed by atoms with Crippen molar-refractivity contribution in [2.45, 2.75) is 25.9 Å². The first-order chi connectivity index (χ1) is 17.8. The highest BCUT2D eigenvalue weighted by atomic mass is 35.5. The second kappa shape index (κ2) is 10.1. The molecule has 37 heavy (non-hydrogen) atoms. The second-order valence-electron chi connectivity index (χ2n) is 8.57. The summed E-state index contributed by atoms with van der Waals surface area (Å²) in [4.78, 5) is 8.44. The molecule has 0 aliphatic carbocycles. The fourth-order valence-electron chi connectivity index (χ4n) is 3.89. The van der Waals surface area contributed by atoms with Crippen LogP contribution >= 0.6 is 23.2 Å². The summed E-state index contributed by atoms with van der Waals surface area (Å²) in [6.45, 7) is 4.10. The van der Waals surface area contributed by atoms with E-state index in [-0.39, 0.29) is 16.6 Å². The zero-order valence-corrected chi connectivity index (χ0v) is 21.2. The number of fused-ring (bicyclic) bond motifs is 1. The molecule has 0 saturated carbocycles. The lowest BCUT2D eigenvalue weighted by Gasteiger charge is -2.20. The Hall–Kier alpha value is -4.04. The van der Waals surface area contributed by atoms with E-state index in [0.29, 0.717) is 38.7 Å². The first kappa shape index (κ1) is 24.6. The number of hydrogen-bond donors (Lipinski definition) is 4. The summed E-state index contributed by atoms with van der Waals surface area (Å²) in [7, 11) is 0. The Morgan fingerprint density at radius 2 is 1.95 bits per heavy atom. The van der Waals surface area contributed by atoms with E-state index in [0.717, 1.165) is 5.70 Å². The summed E-state index contributed by atoms with van der Waals surface area (Å²) < 4.78 is 19.3. The van der Waals surface area contributed by atoms with Gasteiger partial charge in [0.25, 0.3) is 0 Å². The zero-order valence-electron chi connectivity index (χ0n) is 19.7. The van der Waals surface area contributed by atoms with Gasteiger partial charge in [-0.05, 0) is 44.2 Å². The Labute approximate surface area is 221 Å². The van der Waals surface area contributed by atoms with Gasteiger partial charge in [-0.1, -0.05) is 23.2 Å². The van der Waals surface area contributed by atoms with E-state index >= 15 is 0 Å².